The molecule has 0 fully saturated rings. The second-order valence-corrected chi connectivity index (χ2v) is 3.03. The molecule has 0 radical (unpaired) electrons. The molecule has 0 unspecified atom stereocenters. The van der Waals surface area contributed by atoms with Crippen molar-refractivity contribution in [3.63, 3.8) is 0 Å². The fraction of sp³-hybridized carbons (Fsp3) is 0.875. The van der Waals surface area contributed by atoms with E-state index in [-0.39, 0.29) is 16.5 Å². The molecule has 0 saturated heterocycles. The number of hydrogen-bond donors (Lipinski definition) is 1. The number of unbranched alkanes of at least 4 members (excludes halogenated alkanes) is 1. The molecular weight excluding hydrogens is 187 g/mol. The molecule has 0 amide bonds. The zero-order valence-corrected chi connectivity index (χ0v) is 8.07. The Morgan fingerprint density at radius 2 is 1.91 bits per heavy atom. The van der Waals surface area contributed by atoms with Crippen LogP contribution in [0.3, 0.4) is 0 Å². The average Bonchev–Trinajstić information content (AvgIpc) is 1.79. The maximum Gasteiger partial charge on any atom is 0.303 e. The van der Waals surface area contributed by atoms with Crippen LogP contribution in [0.15, 0.2) is 0 Å². The molecule has 0 aliphatic heterocycles. The predicted octanol–water partition coefficient (Wildman–Crippen LogP) is 2.28. The second kappa shape index (κ2) is 8.06. The van der Waals surface area contributed by atoms with E-state index in [9.17, 15) is 4.79 Å². The number of carbonyl (C=O) groups is 1. The first-order valence-electron chi connectivity index (χ1n) is 3.84. The Morgan fingerprint density at radius 1 is 1.36 bits per heavy atom. The summed E-state index contributed by atoms with van der Waals surface area (Å²) in [5.41, 5.74) is 0. The van der Waals surface area contributed by atoms with Gasteiger partial charge in [0.25, 0.3) is 0 Å². The first kappa shape index (κ1) is 13.5. The monoisotopic (exact) mass is 202 g/mol. The molecule has 11 heavy (non-hydrogen) atoms. The van der Waals surface area contributed by atoms with E-state index in [4.69, 9.17) is 5.11 Å². The van der Waals surface area contributed by atoms with Gasteiger partial charge in [0.15, 0.2) is 0 Å². The van der Waals surface area contributed by atoms with Gasteiger partial charge in [0, 0.05) is 22.9 Å². The van der Waals surface area contributed by atoms with Crippen molar-refractivity contribution in [3.8, 4) is 0 Å². The molecule has 0 bridgehead atoms. The number of carboxylic acid groups (broad SMARTS) is 1. The van der Waals surface area contributed by atoms with E-state index >= 15 is 0 Å². The van der Waals surface area contributed by atoms with Crippen LogP contribution in [-0.4, -0.2) is 11.1 Å². The van der Waals surface area contributed by atoms with Gasteiger partial charge in [0.05, 0.1) is 0 Å². The van der Waals surface area contributed by atoms with Gasteiger partial charge in [-0.3, -0.25) is 4.79 Å². The largest absolute Gasteiger partial charge is 0.481 e. The van der Waals surface area contributed by atoms with Gasteiger partial charge >= 0.3 is 5.97 Å². The van der Waals surface area contributed by atoms with Crippen molar-refractivity contribution < 1.29 is 26.4 Å². The summed E-state index contributed by atoms with van der Waals surface area (Å²) in [5, 5.41) is 8.28. The molecule has 0 spiro atoms. The van der Waals surface area contributed by atoms with Crippen LogP contribution in [0.2, 0.25) is 0 Å². The molecule has 0 heterocycles. The van der Waals surface area contributed by atoms with Crippen LogP contribution in [0.4, 0.5) is 0 Å². The Balaban J connectivity index is 0. The maximum atomic E-state index is 10.0. The Bertz CT molecular complexity index is 102. The molecule has 1 N–H and O–H groups in total. The van der Waals surface area contributed by atoms with Gasteiger partial charge in [-0.1, -0.05) is 26.7 Å². The van der Waals surface area contributed by atoms with Crippen LogP contribution >= 0.6 is 0 Å². The van der Waals surface area contributed by atoms with Gasteiger partial charge in [-0.05, 0) is 12.3 Å². The van der Waals surface area contributed by atoms with Crippen molar-refractivity contribution in [2.24, 2.45) is 5.92 Å². The van der Waals surface area contributed by atoms with Crippen molar-refractivity contribution in [1.29, 1.82) is 0 Å². The van der Waals surface area contributed by atoms with Crippen molar-refractivity contribution in [2.45, 2.75) is 39.5 Å². The third kappa shape index (κ3) is 13.0. The van der Waals surface area contributed by atoms with Crippen LogP contribution in [0, 0.1) is 5.92 Å². The quantitative estimate of drug-likeness (QED) is 0.549. The molecule has 0 aromatic carbocycles. The molecule has 0 saturated carbocycles. The normalized spacial score (nSPS) is 9.36. The Labute approximate surface area is 78.3 Å². The minimum Gasteiger partial charge on any atom is -0.481 e. The minimum absolute atomic E-state index is 0. The van der Waals surface area contributed by atoms with Crippen LogP contribution in [0.25, 0.3) is 0 Å². The summed E-state index contributed by atoms with van der Waals surface area (Å²) in [5.74, 6) is 0.0255. The Hall–Kier alpha value is -0.0365. The topological polar surface area (TPSA) is 37.3 Å². The van der Waals surface area contributed by atoms with E-state index in [1.807, 2.05) is 0 Å². The molecule has 0 aromatic rings. The van der Waals surface area contributed by atoms with E-state index in [0.717, 1.165) is 19.3 Å². The summed E-state index contributed by atoms with van der Waals surface area (Å²) >= 11 is 0. The summed E-state index contributed by atoms with van der Waals surface area (Å²) in [6.07, 6.45) is 3.34. The predicted molar refractivity (Wildman–Crippen MR) is 40.9 cm³/mol. The number of hydrogen-bond acceptors (Lipinski definition) is 1. The average molecular weight is 203 g/mol. The molecule has 0 rings (SSSR count). The number of aliphatic carboxylic acids is 1. The molecule has 0 aliphatic rings. The molecule has 0 atom stereocenters. The van der Waals surface area contributed by atoms with E-state index in [2.05, 4.69) is 13.8 Å². The van der Waals surface area contributed by atoms with Crippen molar-refractivity contribution in [2.75, 3.05) is 0 Å². The zero-order chi connectivity index (χ0) is 7.98. The molecule has 3 heteroatoms. The fourth-order valence-corrected chi connectivity index (χ4v) is 0.829. The van der Waals surface area contributed by atoms with Crippen molar-refractivity contribution in [3.05, 3.63) is 0 Å². The van der Waals surface area contributed by atoms with Gasteiger partial charge in [-0.15, -0.1) is 0 Å². The van der Waals surface area contributed by atoms with E-state index in [1.165, 1.54) is 0 Å². The summed E-state index contributed by atoms with van der Waals surface area (Å²) in [7, 11) is 0. The number of rotatable bonds is 5. The minimum atomic E-state index is -0.677. The van der Waals surface area contributed by atoms with E-state index in [0.29, 0.717) is 12.3 Å². The van der Waals surface area contributed by atoms with Gasteiger partial charge < -0.3 is 5.11 Å². The Kier molecular flexibility index (Phi) is 9.93. The van der Waals surface area contributed by atoms with Crippen LogP contribution in [0.1, 0.15) is 39.5 Å². The first-order valence-corrected chi connectivity index (χ1v) is 3.84. The van der Waals surface area contributed by atoms with Gasteiger partial charge in [0.1, 0.15) is 0 Å². The van der Waals surface area contributed by atoms with Gasteiger partial charge in [-0.2, -0.15) is 0 Å². The van der Waals surface area contributed by atoms with E-state index in [1.54, 1.807) is 0 Å². The fourth-order valence-electron chi connectivity index (χ4n) is 0.829. The number of carboxylic acids is 1. The van der Waals surface area contributed by atoms with E-state index < -0.39 is 5.97 Å². The maximum absolute atomic E-state index is 10.0. The molecule has 0 aliphatic carbocycles. The van der Waals surface area contributed by atoms with Crippen LogP contribution in [0.5, 0.6) is 0 Å². The van der Waals surface area contributed by atoms with Gasteiger partial charge in [-0.25, -0.2) is 0 Å². The summed E-state index contributed by atoms with van der Waals surface area (Å²) < 4.78 is 0. The second-order valence-electron chi connectivity index (χ2n) is 3.03. The van der Waals surface area contributed by atoms with Crippen LogP contribution < -0.4 is 0 Å². The Morgan fingerprint density at radius 3 is 2.27 bits per heavy atom. The first-order chi connectivity index (χ1) is 4.63. The van der Waals surface area contributed by atoms with Crippen molar-refractivity contribution >= 4 is 5.97 Å². The molecule has 2 nitrogen and oxygen atoms in total. The van der Waals surface area contributed by atoms with Crippen LogP contribution in [-0.2, 0) is 21.3 Å². The molecular formula is C8H16NiO2. The zero-order valence-electron chi connectivity index (χ0n) is 7.08. The summed E-state index contributed by atoms with van der Waals surface area (Å²) in [6, 6.07) is 0. The summed E-state index contributed by atoms with van der Waals surface area (Å²) in [4.78, 5) is 10.0. The van der Waals surface area contributed by atoms with Gasteiger partial charge in [0.2, 0.25) is 0 Å². The molecule has 0 aromatic heterocycles. The van der Waals surface area contributed by atoms with Crippen molar-refractivity contribution in [1.82, 2.24) is 0 Å². The smallest absolute Gasteiger partial charge is 0.303 e. The standard InChI is InChI=1S/C8H16O2.Ni/c1-7(2)5-3-4-6-8(9)10;/h7H,3-6H2,1-2H3,(H,9,10);. The third-order valence-electron chi connectivity index (χ3n) is 1.42. The molecule has 70 valence electrons. The summed E-state index contributed by atoms with van der Waals surface area (Å²) in [6.45, 7) is 4.31. The third-order valence-corrected chi connectivity index (χ3v) is 1.42. The SMILES string of the molecule is CC(C)CCCCC(=O)O.[Ni].